The van der Waals surface area contributed by atoms with Crippen LogP contribution in [0.5, 0.6) is 0 Å². The third-order valence-electron chi connectivity index (χ3n) is 2.30. The molecule has 0 aromatic carbocycles. The van der Waals surface area contributed by atoms with Crippen LogP contribution in [0.1, 0.15) is 19.4 Å². The molecule has 2 nitrogen and oxygen atoms in total. The second kappa shape index (κ2) is 4.82. The molecule has 0 radical (unpaired) electrons. The van der Waals surface area contributed by atoms with Crippen molar-refractivity contribution in [3.63, 3.8) is 0 Å². The molecule has 0 spiro atoms. The molecule has 0 amide bonds. The molecule has 1 heterocycles. The first-order valence-electron chi connectivity index (χ1n) is 4.70. The summed E-state index contributed by atoms with van der Waals surface area (Å²) in [5.41, 5.74) is 1.37. The average Bonchev–Trinajstić information content (AvgIpc) is 2.42. The Morgan fingerprint density at radius 1 is 1.38 bits per heavy atom. The first kappa shape index (κ1) is 10.8. The van der Waals surface area contributed by atoms with Crippen LogP contribution in [0.15, 0.2) is 16.9 Å². The number of rotatable bonds is 4. The lowest BCUT2D eigenvalue weighted by Gasteiger charge is -2.16. The summed E-state index contributed by atoms with van der Waals surface area (Å²) in [4.78, 5) is 2.40. The third kappa shape index (κ3) is 2.85. The molecule has 0 aliphatic heterocycles. The lowest BCUT2D eigenvalue weighted by atomic mass is 10.3. The Kier molecular flexibility index (Phi) is 4.00. The molecule has 13 heavy (non-hydrogen) atoms. The van der Waals surface area contributed by atoms with Crippen molar-refractivity contribution in [1.82, 2.24) is 9.47 Å². The first-order valence-corrected chi connectivity index (χ1v) is 5.49. The Morgan fingerprint density at radius 3 is 2.38 bits per heavy atom. The maximum absolute atomic E-state index is 3.49. The van der Waals surface area contributed by atoms with Gasteiger partial charge in [-0.25, -0.2) is 0 Å². The summed E-state index contributed by atoms with van der Waals surface area (Å²) < 4.78 is 3.24. The summed E-state index contributed by atoms with van der Waals surface area (Å²) in [7, 11) is 2.05. The fourth-order valence-electron chi connectivity index (χ4n) is 1.39. The number of aromatic nitrogens is 1. The minimum atomic E-state index is 1.05. The second-order valence-electron chi connectivity index (χ2n) is 3.24. The van der Waals surface area contributed by atoms with E-state index < -0.39 is 0 Å². The van der Waals surface area contributed by atoms with Gasteiger partial charge in [0.15, 0.2) is 0 Å². The number of aryl methyl sites for hydroxylation is 1. The van der Waals surface area contributed by atoms with Gasteiger partial charge in [0.05, 0.1) is 4.60 Å². The van der Waals surface area contributed by atoms with Crippen molar-refractivity contribution in [3.05, 3.63) is 22.4 Å². The van der Waals surface area contributed by atoms with Gasteiger partial charge >= 0.3 is 0 Å². The molecule has 0 atom stereocenters. The van der Waals surface area contributed by atoms with E-state index in [1.54, 1.807) is 0 Å². The summed E-state index contributed by atoms with van der Waals surface area (Å²) in [6.45, 7) is 7.67. The van der Waals surface area contributed by atoms with Gasteiger partial charge in [-0.1, -0.05) is 13.8 Å². The van der Waals surface area contributed by atoms with Gasteiger partial charge in [-0.2, -0.15) is 0 Å². The van der Waals surface area contributed by atoms with Gasteiger partial charge in [0.1, 0.15) is 0 Å². The SMILES string of the molecule is CCN(CC)Cc1cc(Br)n(C)c1. The monoisotopic (exact) mass is 244 g/mol. The summed E-state index contributed by atoms with van der Waals surface area (Å²) in [5, 5.41) is 0. The number of nitrogens with zero attached hydrogens (tertiary/aromatic N) is 2. The van der Waals surface area contributed by atoms with Crippen LogP contribution in [0.25, 0.3) is 0 Å². The predicted octanol–water partition coefficient (Wildman–Crippen LogP) is 2.63. The lowest BCUT2D eigenvalue weighted by molar-refractivity contribution is 0.296. The maximum Gasteiger partial charge on any atom is 0.0847 e. The van der Waals surface area contributed by atoms with E-state index in [0.29, 0.717) is 0 Å². The minimum Gasteiger partial charge on any atom is -0.345 e. The van der Waals surface area contributed by atoms with E-state index in [1.807, 2.05) is 0 Å². The van der Waals surface area contributed by atoms with E-state index in [0.717, 1.165) is 24.2 Å². The van der Waals surface area contributed by atoms with Crippen LogP contribution in [0.2, 0.25) is 0 Å². The van der Waals surface area contributed by atoms with E-state index >= 15 is 0 Å². The van der Waals surface area contributed by atoms with E-state index in [1.165, 1.54) is 5.56 Å². The van der Waals surface area contributed by atoms with E-state index in [4.69, 9.17) is 0 Å². The van der Waals surface area contributed by atoms with Crippen molar-refractivity contribution < 1.29 is 0 Å². The van der Waals surface area contributed by atoms with Crippen molar-refractivity contribution >= 4 is 15.9 Å². The van der Waals surface area contributed by atoms with Gasteiger partial charge in [0.25, 0.3) is 0 Å². The molecular weight excluding hydrogens is 228 g/mol. The lowest BCUT2D eigenvalue weighted by Crippen LogP contribution is -2.21. The third-order valence-corrected chi connectivity index (χ3v) is 3.09. The number of hydrogen-bond acceptors (Lipinski definition) is 1. The Hall–Kier alpha value is -0.280. The zero-order valence-corrected chi connectivity index (χ0v) is 10.1. The Balaban J connectivity index is 2.62. The van der Waals surface area contributed by atoms with Crippen molar-refractivity contribution in [2.75, 3.05) is 13.1 Å². The highest BCUT2D eigenvalue weighted by Crippen LogP contribution is 2.14. The Morgan fingerprint density at radius 2 is 2.00 bits per heavy atom. The molecule has 0 saturated carbocycles. The van der Waals surface area contributed by atoms with Crippen LogP contribution in [0, 0.1) is 0 Å². The van der Waals surface area contributed by atoms with Gasteiger partial charge in [-0.15, -0.1) is 0 Å². The Labute approximate surface area is 88.7 Å². The molecule has 0 N–H and O–H groups in total. The number of halogens is 1. The molecular formula is C10H17BrN2. The van der Waals surface area contributed by atoms with Crippen molar-refractivity contribution in [2.45, 2.75) is 20.4 Å². The molecule has 74 valence electrons. The Bertz CT molecular complexity index is 244. The van der Waals surface area contributed by atoms with Gasteiger partial charge in [0.2, 0.25) is 0 Å². The van der Waals surface area contributed by atoms with Gasteiger partial charge in [0, 0.05) is 19.8 Å². The van der Waals surface area contributed by atoms with Crippen LogP contribution in [0.3, 0.4) is 0 Å². The maximum atomic E-state index is 3.49. The molecule has 0 unspecified atom stereocenters. The van der Waals surface area contributed by atoms with Gasteiger partial charge < -0.3 is 4.57 Å². The van der Waals surface area contributed by atoms with E-state index in [2.05, 4.69) is 58.6 Å². The molecule has 0 saturated heterocycles. The quantitative estimate of drug-likeness (QED) is 0.791. The smallest absolute Gasteiger partial charge is 0.0847 e. The van der Waals surface area contributed by atoms with Crippen LogP contribution in [-0.2, 0) is 13.6 Å². The first-order chi connectivity index (χ1) is 6.17. The summed E-state index contributed by atoms with van der Waals surface area (Å²) in [6.07, 6.45) is 2.17. The van der Waals surface area contributed by atoms with Crippen LogP contribution < -0.4 is 0 Å². The highest BCUT2D eigenvalue weighted by Gasteiger charge is 2.04. The molecule has 0 aliphatic carbocycles. The zero-order valence-electron chi connectivity index (χ0n) is 8.55. The van der Waals surface area contributed by atoms with Crippen LogP contribution in [0.4, 0.5) is 0 Å². The van der Waals surface area contributed by atoms with E-state index in [9.17, 15) is 0 Å². The molecule has 0 aliphatic rings. The predicted molar refractivity (Wildman–Crippen MR) is 59.7 cm³/mol. The number of hydrogen-bond donors (Lipinski definition) is 0. The van der Waals surface area contributed by atoms with Gasteiger partial charge in [-0.05, 0) is 40.6 Å². The fraction of sp³-hybridized carbons (Fsp3) is 0.600. The largest absolute Gasteiger partial charge is 0.345 e. The molecule has 1 aromatic heterocycles. The van der Waals surface area contributed by atoms with Crippen LogP contribution in [-0.4, -0.2) is 22.6 Å². The molecule has 0 fully saturated rings. The van der Waals surface area contributed by atoms with E-state index in [-0.39, 0.29) is 0 Å². The highest BCUT2D eigenvalue weighted by molar-refractivity contribution is 9.10. The van der Waals surface area contributed by atoms with Crippen molar-refractivity contribution in [1.29, 1.82) is 0 Å². The topological polar surface area (TPSA) is 8.17 Å². The minimum absolute atomic E-state index is 1.05. The molecule has 0 bridgehead atoms. The summed E-state index contributed by atoms with van der Waals surface area (Å²) in [6, 6.07) is 2.18. The second-order valence-corrected chi connectivity index (χ2v) is 4.06. The molecule has 3 heteroatoms. The summed E-state index contributed by atoms with van der Waals surface area (Å²) >= 11 is 3.49. The van der Waals surface area contributed by atoms with Gasteiger partial charge in [-0.3, -0.25) is 4.90 Å². The molecule has 1 rings (SSSR count). The standard InChI is InChI=1S/C10H17BrN2/c1-4-13(5-2)8-9-6-10(11)12(3)7-9/h6-7H,4-5,8H2,1-3H3. The van der Waals surface area contributed by atoms with Crippen LogP contribution >= 0.6 is 15.9 Å². The van der Waals surface area contributed by atoms with Crippen molar-refractivity contribution in [3.8, 4) is 0 Å². The zero-order chi connectivity index (χ0) is 9.84. The average molecular weight is 245 g/mol. The molecule has 1 aromatic rings. The van der Waals surface area contributed by atoms with Crippen molar-refractivity contribution in [2.24, 2.45) is 7.05 Å². The summed E-state index contributed by atoms with van der Waals surface area (Å²) in [5.74, 6) is 0. The fourth-order valence-corrected chi connectivity index (χ4v) is 1.79. The normalized spacial score (nSPS) is 11.2. The highest BCUT2D eigenvalue weighted by atomic mass is 79.9.